The lowest BCUT2D eigenvalue weighted by atomic mass is 9.99. The first kappa shape index (κ1) is 9.95. The molecule has 0 spiro atoms. The number of anilines is 2. The van der Waals surface area contributed by atoms with Gasteiger partial charge >= 0.3 is 0 Å². The first-order chi connectivity index (χ1) is 6.55. The highest BCUT2D eigenvalue weighted by Gasteiger charge is 2.41. The molecule has 0 bridgehead atoms. The SMILES string of the molecule is CC(C)C1(C)Nc2nnccc2N1I. The molecule has 0 amide bonds. The predicted molar refractivity (Wildman–Crippen MR) is 65.4 cm³/mol. The summed E-state index contributed by atoms with van der Waals surface area (Å²) in [7, 11) is 0. The van der Waals surface area contributed by atoms with E-state index in [1.54, 1.807) is 6.20 Å². The number of aromatic nitrogens is 2. The fourth-order valence-corrected chi connectivity index (χ4v) is 2.55. The van der Waals surface area contributed by atoms with Crippen LogP contribution >= 0.6 is 22.9 Å². The van der Waals surface area contributed by atoms with Crippen LogP contribution in [0.5, 0.6) is 0 Å². The maximum Gasteiger partial charge on any atom is 0.174 e. The van der Waals surface area contributed by atoms with Crippen molar-refractivity contribution in [1.29, 1.82) is 0 Å². The van der Waals surface area contributed by atoms with Gasteiger partial charge in [0.1, 0.15) is 5.66 Å². The predicted octanol–water partition coefficient (Wildman–Crippen LogP) is 2.43. The van der Waals surface area contributed by atoms with Gasteiger partial charge in [0, 0.05) is 0 Å². The normalized spacial score (nSPS) is 25.1. The van der Waals surface area contributed by atoms with Gasteiger partial charge in [0.15, 0.2) is 5.82 Å². The van der Waals surface area contributed by atoms with Crippen molar-refractivity contribution in [3.63, 3.8) is 0 Å². The average molecular weight is 304 g/mol. The molecular formula is C9H13IN4. The molecule has 0 fully saturated rings. The second kappa shape index (κ2) is 3.22. The Morgan fingerprint density at radius 2 is 2.29 bits per heavy atom. The minimum absolute atomic E-state index is 0.0705. The van der Waals surface area contributed by atoms with Crippen molar-refractivity contribution in [1.82, 2.24) is 10.2 Å². The van der Waals surface area contributed by atoms with Crippen molar-refractivity contribution in [3.8, 4) is 0 Å². The van der Waals surface area contributed by atoms with E-state index in [1.165, 1.54) is 0 Å². The smallest absolute Gasteiger partial charge is 0.174 e. The van der Waals surface area contributed by atoms with Gasteiger partial charge in [-0.15, -0.1) is 5.10 Å². The third-order valence-electron chi connectivity index (χ3n) is 2.81. The molecule has 1 aromatic heterocycles. The summed E-state index contributed by atoms with van der Waals surface area (Å²) >= 11 is 2.32. The van der Waals surface area contributed by atoms with Crippen LogP contribution in [-0.2, 0) is 0 Å². The molecule has 2 heterocycles. The Hall–Kier alpha value is -0.590. The first-order valence-electron chi connectivity index (χ1n) is 4.61. The summed E-state index contributed by atoms with van der Waals surface area (Å²) < 4.78 is 2.19. The van der Waals surface area contributed by atoms with Gasteiger partial charge in [-0.2, -0.15) is 5.10 Å². The molecule has 0 saturated heterocycles. The van der Waals surface area contributed by atoms with Crippen LogP contribution in [0, 0.1) is 5.92 Å². The minimum Gasteiger partial charge on any atom is -0.344 e. The molecule has 0 aliphatic carbocycles. The van der Waals surface area contributed by atoms with Gasteiger partial charge in [-0.05, 0) is 18.9 Å². The van der Waals surface area contributed by atoms with E-state index >= 15 is 0 Å². The summed E-state index contributed by atoms with van der Waals surface area (Å²) in [6, 6.07) is 1.98. The van der Waals surface area contributed by atoms with Crippen molar-refractivity contribution in [2.24, 2.45) is 5.92 Å². The molecule has 14 heavy (non-hydrogen) atoms. The van der Waals surface area contributed by atoms with E-state index in [9.17, 15) is 0 Å². The van der Waals surface area contributed by atoms with E-state index in [0.717, 1.165) is 11.5 Å². The number of hydrogen-bond acceptors (Lipinski definition) is 4. The van der Waals surface area contributed by atoms with Crippen LogP contribution in [0.4, 0.5) is 11.5 Å². The molecule has 76 valence electrons. The number of fused-ring (bicyclic) bond motifs is 1. The van der Waals surface area contributed by atoms with Gasteiger partial charge in [-0.25, -0.2) is 0 Å². The van der Waals surface area contributed by atoms with Gasteiger partial charge in [-0.3, -0.25) is 3.11 Å². The maximum absolute atomic E-state index is 4.08. The Labute approximate surface area is 97.6 Å². The number of halogens is 1. The van der Waals surface area contributed by atoms with Crippen LogP contribution in [-0.4, -0.2) is 15.9 Å². The minimum atomic E-state index is -0.0705. The Morgan fingerprint density at radius 3 is 2.86 bits per heavy atom. The standard InChI is InChI=1S/C9H13IN4/c1-6(2)9(3)12-8-7(14(9)10)4-5-11-13-8/h4-6H,1-3H3,(H,12,13). The van der Waals surface area contributed by atoms with Gasteiger partial charge in [0.25, 0.3) is 0 Å². The monoisotopic (exact) mass is 304 g/mol. The lowest BCUT2D eigenvalue weighted by molar-refractivity contribution is 0.412. The van der Waals surface area contributed by atoms with Crippen molar-refractivity contribution in [3.05, 3.63) is 12.3 Å². The van der Waals surface area contributed by atoms with Gasteiger partial charge in [0.2, 0.25) is 0 Å². The second-order valence-electron chi connectivity index (χ2n) is 3.97. The summed E-state index contributed by atoms with van der Waals surface area (Å²) in [6.45, 7) is 6.56. The Balaban J connectivity index is 2.43. The summed E-state index contributed by atoms with van der Waals surface area (Å²) in [5.41, 5.74) is 1.04. The Morgan fingerprint density at radius 1 is 1.57 bits per heavy atom. The lowest BCUT2D eigenvalue weighted by Gasteiger charge is -2.35. The van der Waals surface area contributed by atoms with Gasteiger partial charge in [0.05, 0.1) is 34.7 Å². The number of rotatable bonds is 1. The van der Waals surface area contributed by atoms with E-state index < -0.39 is 0 Å². The second-order valence-corrected chi connectivity index (χ2v) is 4.94. The van der Waals surface area contributed by atoms with Crippen LogP contribution < -0.4 is 8.43 Å². The summed E-state index contributed by atoms with van der Waals surface area (Å²) in [5.74, 6) is 1.37. The molecule has 0 aromatic carbocycles. The lowest BCUT2D eigenvalue weighted by Crippen LogP contribution is -2.47. The van der Waals surface area contributed by atoms with Crippen LogP contribution in [0.3, 0.4) is 0 Å². The zero-order valence-electron chi connectivity index (χ0n) is 8.45. The first-order valence-corrected chi connectivity index (χ1v) is 5.58. The van der Waals surface area contributed by atoms with Gasteiger partial charge in [-0.1, -0.05) is 13.8 Å². The van der Waals surface area contributed by atoms with Crippen molar-refractivity contribution in [2.45, 2.75) is 26.4 Å². The van der Waals surface area contributed by atoms with Crippen molar-refractivity contribution >= 4 is 34.4 Å². The largest absolute Gasteiger partial charge is 0.344 e. The summed E-state index contributed by atoms with van der Waals surface area (Å²) in [4.78, 5) is 0. The quantitative estimate of drug-likeness (QED) is 0.639. The molecule has 5 heteroatoms. The van der Waals surface area contributed by atoms with E-state index in [0.29, 0.717) is 5.92 Å². The summed E-state index contributed by atoms with van der Waals surface area (Å²) in [6.07, 6.45) is 1.72. The number of nitrogens with one attached hydrogen (secondary N) is 1. The molecular weight excluding hydrogens is 291 g/mol. The number of nitrogens with zero attached hydrogens (tertiary/aromatic N) is 3. The average Bonchev–Trinajstić information content (AvgIpc) is 2.42. The van der Waals surface area contributed by atoms with Crippen molar-refractivity contribution in [2.75, 3.05) is 8.43 Å². The van der Waals surface area contributed by atoms with Crippen LogP contribution in [0.25, 0.3) is 0 Å². The fourth-order valence-electron chi connectivity index (χ4n) is 1.48. The molecule has 2 rings (SSSR count). The van der Waals surface area contributed by atoms with Gasteiger partial charge < -0.3 is 5.32 Å². The highest BCUT2D eigenvalue weighted by molar-refractivity contribution is 14.1. The number of hydrogen-bond donors (Lipinski definition) is 1. The Bertz CT molecular complexity index is 354. The third-order valence-corrected chi connectivity index (χ3v) is 4.34. The van der Waals surface area contributed by atoms with Crippen LogP contribution in [0.15, 0.2) is 12.3 Å². The molecule has 4 nitrogen and oxygen atoms in total. The van der Waals surface area contributed by atoms with Crippen molar-refractivity contribution < 1.29 is 0 Å². The molecule has 1 unspecified atom stereocenters. The molecule has 1 aromatic rings. The fraction of sp³-hybridized carbons (Fsp3) is 0.556. The third kappa shape index (κ3) is 1.25. The van der Waals surface area contributed by atoms with Crippen LogP contribution in [0.2, 0.25) is 0 Å². The molecule has 1 N–H and O–H groups in total. The topological polar surface area (TPSA) is 41.1 Å². The molecule has 0 radical (unpaired) electrons. The van der Waals surface area contributed by atoms with E-state index in [4.69, 9.17) is 0 Å². The highest BCUT2D eigenvalue weighted by atomic mass is 127. The molecule has 1 aliphatic heterocycles. The zero-order valence-corrected chi connectivity index (χ0v) is 10.6. The zero-order chi connectivity index (χ0) is 10.3. The van der Waals surface area contributed by atoms with E-state index in [-0.39, 0.29) is 5.66 Å². The molecule has 1 atom stereocenters. The highest BCUT2D eigenvalue weighted by Crippen LogP contribution is 2.43. The van der Waals surface area contributed by atoms with E-state index in [1.807, 2.05) is 6.07 Å². The molecule has 1 aliphatic rings. The van der Waals surface area contributed by atoms with E-state index in [2.05, 4.69) is 62.3 Å². The summed E-state index contributed by atoms with van der Waals surface area (Å²) in [5, 5.41) is 11.4. The maximum atomic E-state index is 4.08. The molecule has 0 saturated carbocycles. The van der Waals surface area contributed by atoms with Crippen LogP contribution in [0.1, 0.15) is 20.8 Å². The Kier molecular flexibility index (Phi) is 2.29.